The van der Waals surface area contributed by atoms with Crippen LogP contribution in [0.25, 0.3) is 0 Å². The maximum Gasteiger partial charge on any atom is 0.262 e. The largest absolute Gasteiger partial charge is 0.489 e. The van der Waals surface area contributed by atoms with Crippen LogP contribution in [0.5, 0.6) is 11.5 Å². The molecule has 0 aliphatic heterocycles. The summed E-state index contributed by atoms with van der Waals surface area (Å²) in [5, 5.41) is 3.43. The Morgan fingerprint density at radius 2 is 1.88 bits per heavy atom. The minimum Gasteiger partial charge on any atom is -0.489 e. The molecule has 0 unspecified atom stereocenters. The van der Waals surface area contributed by atoms with Gasteiger partial charge < -0.3 is 19.5 Å². The number of rotatable bonds is 9. The van der Waals surface area contributed by atoms with Crippen molar-refractivity contribution in [2.45, 2.75) is 13.8 Å². The number of halogens is 1. The molecule has 25 heavy (non-hydrogen) atoms. The standard InChI is InChI=1S/C19H22ClNO4/c1-3-23-10-11-24-18-7-5-4-6-16(18)21-19(22)13-25-17-9-8-15(20)12-14(17)2/h4-9,12H,3,10-11,13H2,1-2H3,(H,21,22). The van der Waals surface area contributed by atoms with Crippen LogP contribution >= 0.6 is 11.6 Å². The van der Waals surface area contributed by atoms with Crippen molar-refractivity contribution in [3.8, 4) is 11.5 Å². The summed E-state index contributed by atoms with van der Waals surface area (Å²) in [5.41, 5.74) is 1.47. The maximum atomic E-state index is 12.2. The van der Waals surface area contributed by atoms with Crippen LogP contribution in [0.3, 0.4) is 0 Å². The number of para-hydroxylation sites is 2. The van der Waals surface area contributed by atoms with Crippen molar-refractivity contribution >= 4 is 23.2 Å². The fraction of sp³-hybridized carbons (Fsp3) is 0.316. The number of anilines is 1. The van der Waals surface area contributed by atoms with Crippen LogP contribution < -0.4 is 14.8 Å². The summed E-state index contributed by atoms with van der Waals surface area (Å²) >= 11 is 5.91. The summed E-state index contributed by atoms with van der Waals surface area (Å²) in [5.74, 6) is 0.953. The molecular formula is C19H22ClNO4. The average Bonchev–Trinajstić information content (AvgIpc) is 2.59. The van der Waals surface area contributed by atoms with Gasteiger partial charge in [-0.1, -0.05) is 23.7 Å². The summed E-state index contributed by atoms with van der Waals surface area (Å²) in [6, 6.07) is 12.5. The summed E-state index contributed by atoms with van der Waals surface area (Å²) in [7, 11) is 0. The molecular weight excluding hydrogens is 342 g/mol. The van der Waals surface area contributed by atoms with Crippen LogP contribution in [0.1, 0.15) is 12.5 Å². The lowest BCUT2D eigenvalue weighted by Crippen LogP contribution is -2.21. The smallest absolute Gasteiger partial charge is 0.262 e. The Bertz CT molecular complexity index is 706. The Morgan fingerprint density at radius 3 is 2.64 bits per heavy atom. The predicted molar refractivity (Wildman–Crippen MR) is 98.7 cm³/mol. The molecule has 0 radical (unpaired) electrons. The van der Waals surface area contributed by atoms with Gasteiger partial charge in [0.1, 0.15) is 18.1 Å². The fourth-order valence-electron chi connectivity index (χ4n) is 2.16. The lowest BCUT2D eigenvalue weighted by atomic mass is 10.2. The predicted octanol–water partition coefficient (Wildman–Crippen LogP) is 4.08. The molecule has 0 atom stereocenters. The summed E-state index contributed by atoms with van der Waals surface area (Å²) in [6.07, 6.45) is 0. The van der Waals surface area contributed by atoms with Crippen LogP contribution in [-0.2, 0) is 9.53 Å². The van der Waals surface area contributed by atoms with E-state index in [2.05, 4.69) is 5.32 Å². The molecule has 5 nitrogen and oxygen atoms in total. The third-order valence-electron chi connectivity index (χ3n) is 3.35. The van der Waals surface area contributed by atoms with Gasteiger partial charge in [0.15, 0.2) is 6.61 Å². The highest BCUT2D eigenvalue weighted by molar-refractivity contribution is 6.30. The van der Waals surface area contributed by atoms with Gasteiger partial charge >= 0.3 is 0 Å². The van der Waals surface area contributed by atoms with Crippen LogP contribution in [0.2, 0.25) is 5.02 Å². The summed E-state index contributed by atoms with van der Waals surface area (Å²) in [6.45, 7) is 5.26. The zero-order chi connectivity index (χ0) is 18.1. The van der Waals surface area contributed by atoms with Crippen LogP contribution in [0.4, 0.5) is 5.69 Å². The van der Waals surface area contributed by atoms with Crippen molar-refractivity contribution in [3.63, 3.8) is 0 Å². The Morgan fingerprint density at radius 1 is 1.08 bits per heavy atom. The second kappa shape index (κ2) is 9.91. The van der Waals surface area contributed by atoms with E-state index in [1.807, 2.05) is 26.0 Å². The van der Waals surface area contributed by atoms with Gasteiger partial charge in [0.2, 0.25) is 0 Å². The molecule has 6 heteroatoms. The third kappa shape index (κ3) is 6.29. The normalized spacial score (nSPS) is 10.4. The van der Waals surface area contributed by atoms with Gasteiger partial charge in [0.25, 0.3) is 5.91 Å². The first-order valence-corrected chi connectivity index (χ1v) is 8.46. The molecule has 2 aromatic carbocycles. The molecule has 1 N–H and O–H groups in total. The van der Waals surface area contributed by atoms with Crippen molar-refractivity contribution in [1.82, 2.24) is 0 Å². The number of nitrogens with one attached hydrogen (secondary N) is 1. The van der Waals surface area contributed by atoms with E-state index >= 15 is 0 Å². The van der Waals surface area contributed by atoms with E-state index < -0.39 is 0 Å². The summed E-state index contributed by atoms with van der Waals surface area (Å²) < 4.78 is 16.4. The molecule has 0 saturated carbocycles. The van der Waals surface area contributed by atoms with Crippen molar-refractivity contribution in [1.29, 1.82) is 0 Å². The SMILES string of the molecule is CCOCCOc1ccccc1NC(=O)COc1ccc(Cl)cc1C. The third-order valence-corrected chi connectivity index (χ3v) is 3.58. The van der Waals surface area contributed by atoms with Crippen molar-refractivity contribution < 1.29 is 19.0 Å². The van der Waals surface area contributed by atoms with Crippen LogP contribution in [-0.4, -0.2) is 32.3 Å². The van der Waals surface area contributed by atoms with E-state index in [1.54, 1.807) is 30.3 Å². The van der Waals surface area contributed by atoms with Gasteiger partial charge in [-0.3, -0.25) is 4.79 Å². The number of hydrogen-bond acceptors (Lipinski definition) is 4. The number of hydrogen-bond donors (Lipinski definition) is 1. The number of aryl methyl sites for hydroxylation is 1. The lowest BCUT2D eigenvalue weighted by molar-refractivity contribution is -0.118. The van der Waals surface area contributed by atoms with E-state index in [1.165, 1.54) is 0 Å². The first kappa shape index (κ1) is 19.1. The van der Waals surface area contributed by atoms with Gasteiger partial charge in [-0.05, 0) is 49.7 Å². The highest BCUT2D eigenvalue weighted by Crippen LogP contribution is 2.24. The van der Waals surface area contributed by atoms with Gasteiger partial charge in [0.05, 0.1) is 12.3 Å². The zero-order valence-corrected chi connectivity index (χ0v) is 15.1. The molecule has 0 saturated heterocycles. The van der Waals surface area contributed by atoms with Crippen molar-refractivity contribution in [3.05, 3.63) is 53.1 Å². The molecule has 2 rings (SSSR count). The summed E-state index contributed by atoms with van der Waals surface area (Å²) in [4.78, 5) is 12.2. The number of amides is 1. The Labute approximate surface area is 152 Å². The van der Waals surface area contributed by atoms with Crippen LogP contribution in [0.15, 0.2) is 42.5 Å². The highest BCUT2D eigenvalue weighted by atomic mass is 35.5. The molecule has 0 fully saturated rings. The van der Waals surface area contributed by atoms with E-state index in [9.17, 15) is 4.79 Å². The van der Waals surface area contributed by atoms with E-state index in [0.29, 0.717) is 42.0 Å². The number of benzene rings is 2. The quantitative estimate of drug-likeness (QED) is 0.682. The first-order valence-electron chi connectivity index (χ1n) is 8.08. The van der Waals surface area contributed by atoms with Gasteiger partial charge in [0, 0.05) is 11.6 Å². The van der Waals surface area contributed by atoms with Crippen LogP contribution in [0, 0.1) is 6.92 Å². The number of ether oxygens (including phenoxy) is 3. The molecule has 134 valence electrons. The van der Waals surface area contributed by atoms with E-state index in [-0.39, 0.29) is 12.5 Å². The molecule has 0 bridgehead atoms. The molecule has 2 aromatic rings. The molecule has 0 aromatic heterocycles. The van der Waals surface area contributed by atoms with Crippen molar-refractivity contribution in [2.24, 2.45) is 0 Å². The van der Waals surface area contributed by atoms with Gasteiger partial charge in [-0.25, -0.2) is 0 Å². The van der Waals surface area contributed by atoms with Crippen molar-refractivity contribution in [2.75, 3.05) is 31.7 Å². The van der Waals surface area contributed by atoms with E-state index in [4.69, 9.17) is 25.8 Å². The molecule has 0 aliphatic carbocycles. The lowest BCUT2D eigenvalue weighted by Gasteiger charge is -2.13. The topological polar surface area (TPSA) is 56.8 Å². The molecule has 0 aliphatic rings. The first-order chi connectivity index (χ1) is 12.1. The van der Waals surface area contributed by atoms with Gasteiger partial charge in [-0.2, -0.15) is 0 Å². The Balaban J connectivity index is 1.89. The zero-order valence-electron chi connectivity index (χ0n) is 14.4. The highest BCUT2D eigenvalue weighted by Gasteiger charge is 2.09. The fourth-order valence-corrected chi connectivity index (χ4v) is 2.38. The molecule has 0 spiro atoms. The minimum atomic E-state index is -0.268. The second-order valence-corrected chi connectivity index (χ2v) is 5.72. The monoisotopic (exact) mass is 363 g/mol. The maximum absolute atomic E-state index is 12.2. The number of carbonyl (C=O) groups excluding carboxylic acids is 1. The average molecular weight is 364 g/mol. The molecule has 1 amide bonds. The molecule has 0 heterocycles. The Hall–Kier alpha value is -2.24. The second-order valence-electron chi connectivity index (χ2n) is 5.29. The van der Waals surface area contributed by atoms with E-state index in [0.717, 1.165) is 5.56 Å². The number of carbonyl (C=O) groups is 1. The Kier molecular flexibility index (Phi) is 7.57. The minimum absolute atomic E-state index is 0.101. The van der Waals surface area contributed by atoms with Gasteiger partial charge in [-0.15, -0.1) is 0 Å².